The van der Waals surface area contributed by atoms with Gasteiger partial charge in [0.2, 0.25) is 5.75 Å². The molecule has 3 saturated heterocycles. The van der Waals surface area contributed by atoms with Gasteiger partial charge in [0.15, 0.2) is 11.5 Å². The van der Waals surface area contributed by atoms with Crippen LogP contribution in [0.1, 0.15) is 43.0 Å². The van der Waals surface area contributed by atoms with Crippen LogP contribution in [0.25, 0.3) is 0 Å². The second-order valence-corrected chi connectivity index (χ2v) is 7.13. The summed E-state index contributed by atoms with van der Waals surface area (Å²) < 4.78 is 16.7. The average Bonchev–Trinajstić information content (AvgIpc) is 2.68. The molecule has 3 aliphatic rings. The smallest absolute Gasteiger partial charge is 0.251 e. The number of nitrogens with zero attached hydrogens (tertiary/aromatic N) is 1. The second kappa shape index (κ2) is 8.62. The molecule has 0 spiro atoms. The highest BCUT2D eigenvalue weighted by molar-refractivity contribution is 5.95. The van der Waals surface area contributed by atoms with Gasteiger partial charge in [-0.1, -0.05) is 13.3 Å². The van der Waals surface area contributed by atoms with Gasteiger partial charge in [-0.15, -0.1) is 0 Å². The molecule has 1 aromatic rings. The van der Waals surface area contributed by atoms with Gasteiger partial charge in [0, 0.05) is 18.2 Å². The number of fused-ring (bicyclic) bond motifs is 3. The molecule has 144 valence electrons. The van der Waals surface area contributed by atoms with Crippen molar-refractivity contribution in [3.63, 3.8) is 0 Å². The van der Waals surface area contributed by atoms with E-state index in [-0.39, 0.29) is 11.9 Å². The fraction of sp³-hybridized carbons (Fsp3) is 0.650. The summed E-state index contributed by atoms with van der Waals surface area (Å²) >= 11 is 0. The number of methoxy groups -OCH3 is 2. The summed E-state index contributed by atoms with van der Waals surface area (Å²) in [5.41, 5.74) is 0.540. The van der Waals surface area contributed by atoms with Crippen LogP contribution < -0.4 is 19.5 Å². The van der Waals surface area contributed by atoms with Crippen molar-refractivity contribution in [3.05, 3.63) is 17.7 Å². The van der Waals surface area contributed by atoms with Crippen LogP contribution in [-0.4, -0.2) is 57.3 Å². The summed E-state index contributed by atoms with van der Waals surface area (Å²) in [5.74, 6) is 2.12. The van der Waals surface area contributed by atoms with Gasteiger partial charge in [-0.2, -0.15) is 0 Å². The molecule has 6 heteroatoms. The standard InChI is InChI=1S/C20H30N2O4/c1-4-5-10-26-19-17(24-2)11-15(12-18(19)25-3)20(23)21-16-13-22-8-6-14(16)7-9-22/h11-12,14,16H,4-10,13H2,1-3H3,(H,21,23)/t16-/m0/s1. The van der Waals surface area contributed by atoms with E-state index in [0.29, 0.717) is 35.3 Å². The Labute approximate surface area is 155 Å². The number of hydrogen-bond donors (Lipinski definition) is 1. The van der Waals surface area contributed by atoms with Crippen LogP contribution in [0.4, 0.5) is 0 Å². The first kappa shape index (κ1) is 18.8. The lowest BCUT2D eigenvalue weighted by molar-refractivity contribution is 0.0620. The summed E-state index contributed by atoms with van der Waals surface area (Å²) in [5, 5.41) is 3.21. The molecule has 0 aromatic heterocycles. The van der Waals surface area contributed by atoms with Crippen molar-refractivity contribution in [2.75, 3.05) is 40.5 Å². The molecule has 1 amide bonds. The van der Waals surface area contributed by atoms with Crippen molar-refractivity contribution in [2.45, 2.75) is 38.6 Å². The number of benzene rings is 1. The number of piperidine rings is 3. The number of carbonyl (C=O) groups is 1. The van der Waals surface area contributed by atoms with Gasteiger partial charge < -0.3 is 24.4 Å². The Balaban J connectivity index is 1.75. The van der Waals surface area contributed by atoms with Crippen LogP contribution >= 0.6 is 0 Å². The maximum atomic E-state index is 12.8. The molecule has 0 aliphatic carbocycles. The molecule has 26 heavy (non-hydrogen) atoms. The van der Waals surface area contributed by atoms with Crippen LogP contribution in [0.5, 0.6) is 17.2 Å². The second-order valence-electron chi connectivity index (χ2n) is 7.13. The molecule has 1 aromatic carbocycles. The number of carbonyl (C=O) groups excluding carboxylic acids is 1. The van der Waals surface area contributed by atoms with Gasteiger partial charge in [-0.05, 0) is 50.4 Å². The molecule has 3 aliphatic heterocycles. The predicted molar refractivity (Wildman–Crippen MR) is 100 cm³/mol. The molecule has 4 rings (SSSR count). The molecule has 3 heterocycles. The minimum Gasteiger partial charge on any atom is -0.493 e. The van der Waals surface area contributed by atoms with Gasteiger partial charge in [-0.3, -0.25) is 4.79 Å². The van der Waals surface area contributed by atoms with Gasteiger partial charge >= 0.3 is 0 Å². The van der Waals surface area contributed by atoms with Crippen molar-refractivity contribution >= 4 is 5.91 Å². The van der Waals surface area contributed by atoms with Crippen LogP contribution in [0.3, 0.4) is 0 Å². The highest BCUT2D eigenvalue weighted by Gasteiger charge is 2.35. The third kappa shape index (κ3) is 4.06. The summed E-state index contributed by atoms with van der Waals surface area (Å²) in [7, 11) is 3.16. The lowest BCUT2D eigenvalue weighted by Gasteiger charge is -2.44. The lowest BCUT2D eigenvalue weighted by atomic mass is 9.84. The molecular weight excluding hydrogens is 332 g/mol. The fourth-order valence-corrected chi connectivity index (χ4v) is 3.85. The number of nitrogens with one attached hydrogen (secondary N) is 1. The normalized spacial score (nSPS) is 24.2. The maximum Gasteiger partial charge on any atom is 0.251 e. The van der Waals surface area contributed by atoms with Crippen molar-refractivity contribution < 1.29 is 19.0 Å². The number of unbranched alkanes of at least 4 members (excludes halogenated alkanes) is 1. The predicted octanol–water partition coefficient (Wildman–Crippen LogP) is 2.71. The number of rotatable bonds is 8. The fourth-order valence-electron chi connectivity index (χ4n) is 3.85. The molecule has 0 saturated carbocycles. The number of ether oxygens (including phenoxy) is 3. The van der Waals surface area contributed by atoms with Crippen LogP contribution in [0.15, 0.2) is 12.1 Å². The lowest BCUT2D eigenvalue weighted by Crippen LogP contribution is -2.57. The molecule has 6 nitrogen and oxygen atoms in total. The van der Waals surface area contributed by atoms with E-state index in [0.717, 1.165) is 32.5 Å². The largest absolute Gasteiger partial charge is 0.493 e. The average molecular weight is 362 g/mol. The van der Waals surface area contributed by atoms with E-state index >= 15 is 0 Å². The minimum atomic E-state index is -0.0829. The highest BCUT2D eigenvalue weighted by Crippen LogP contribution is 2.39. The molecule has 1 atom stereocenters. The van der Waals surface area contributed by atoms with E-state index in [1.54, 1.807) is 26.4 Å². The summed E-state index contributed by atoms with van der Waals surface area (Å²) in [6.07, 6.45) is 4.34. The Morgan fingerprint density at radius 3 is 2.35 bits per heavy atom. The Hall–Kier alpha value is -1.95. The molecule has 1 N–H and O–H groups in total. The zero-order chi connectivity index (χ0) is 18.5. The zero-order valence-corrected chi connectivity index (χ0v) is 16.0. The van der Waals surface area contributed by atoms with E-state index in [4.69, 9.17) is 14.2 Å². The molecule has 3 fully saturated rings. The molecule has 2 bridgehead atoms. The van der Waals surface area contributed by atoms with Crippen molar-refractivity contribution in [1.82, 2.24) is 10.2 Å². The zero-order valence-electron chi connectivity index (χ0n) is 16.0. The van der Waals surface area contributed by atoms with Crippen LogP contribution in [0, 0.1) is 5.92 Å². The first-order chi connectivity index (χ1) is 12.7. The Bertz CT molecular complexity index is 601. The third-order valence-electron chi connectivity index (χ3n) is 5.44. The Morgan fingerprint density at radius 2 is 1.85 bits per heavy atom. The van der Waals surface area contributed by atoms with Crippen molar-refractivity contribution in [1.29, 1.82) is 0 Å². The number of amides is 1. The van der Waals surface area contributed by atoms with E-state index in [2.05, 4.69) is 17.1 Å². The minimum absolute atomic E-state index is 0.0829. The van der Waals surface area contributed by atoms with E-state index in [9.17, 15) is 4.79 Å². The number of hydrogen-bond acceptors (Lipinski definition) is 5. The van der Waals surface area contributed by atoms with Gasteiger partial charge in [0.1, 0.15) is 0 Å². The maximum absolute atomic E-state index is 12.8. The summed E-state index contributed by atoms with van der Waals surface area (Å²) in [6.45, 7) is 5.96. The Morgan fingerprint density at radius 1 is 1.19 bits per heavy atom. The Kier molecular flexibility index (Phi) is 6.25. The third-order valence-corrected chi connectivity index (χ3v) is 5.44. The first-order valence-corrected chi connectivity index (χ1v) is 9.58. The van der Waals surface area contributed by atoms with Crippen molar-refractivity contribution in [3.8, 4) is 17.2 Å². The SMILES string of the molecule is CCCCOc1c(OC)cc(C(=O)N[C@H]2CN3CCC2CC3)cc1OC. The van der Waals surface area contributed by atoms with Gasteiger partial charge in [-0.25, -0.2) is 0 Å². The quantitative estimate of drug-likeness (QED) is 0.721. The molecule has 0 unspecified atom stereocenters. The molecule has 0 radical (unpaired) electrons. The van der Waals surface area contributed by atoms with E-state index in [1.807, 2.05) is 0 Å². The highest BCUT2D eigenvalue weighted by atomic mass is 16.5. The van der Waals surface area contributed by atoms with Gasteiger partial charge in [0.05, 0.1) is 20.8 Å². The monoisotopic (exact) mass is 362 g/mol. The first-order valence-electron chi connectivity index (χ1n) is 9.58. The van der Waals surface area contributed by atoms with E-state index < -0.39 is 0 Å². The van der Waals surface area contributed by atoms with Crippen molar-refractivity contribution in [2.24, 2.45) is 5.92 Å². The van der Waals surface area contributed by atoms with Gasteiger partial charge in [0.25, 0.3) is 5.91 Å². The topological polar surface area (TPSA) is 60.0 Å². The van der Waals surface area contributed by atoms with Crippen LogP contribution in [0.2, 0.25) is 0 Å². The van der Waals surface area contributed by atoms with E-state index in [1.165, 1.54) is 12.8 Å². The van der Waals surface area contributed by atoms with Crippen LogP contribution in [-0.2, 0) is 0 Å². The summed E-state index contributed by atoms with van der Waals surface area (Å²) in [6, 6.07) is 3.70. The molecular formula is C20H30N2O4. The summed E-state index contributed by atoms with van der Waals surface area (Å²) in [4.78, 5) is 15.2.